The molecule has 13 heavy (non-hydrogen) atoms. The van der Waals surface area contributed by atoms with Crippen LogP contribution < -0.4 is 5.56 Å². The first-order valence-corrected chi connectivity index (χ1v) is 5.98. The molecule has 0 fully saturated rings. The van der Waals surface area contributed by atoms with Crippen LogP contribution in [0.2, 0.25) is 0 Å². The molecule has 1 aromatic heterocycles. The van der Waals surface area contributed by atoms with E-state index in [1.165, 1.54) is 6.20 Å². The van der Waals surface area contributed by atoms with Crippen LogP contribution in [0.1, 0.15) is 6.92 Å². The Hall–Kier alpha value is -0.290. The van der Waals surface area contributed by atoms with Gasteiger partial charge in [-0.1, -0.05) is 6.92 Å². The summed E-state index contributed by atoms with van der Waals surface area (Å²) < 4.78 is 2.14. The van der Waals surface area contributed by atoms with Gasteiger partial charge in [0.15, 0.2) is 0 Å². The van der Waals surface area contributed by atoms with Crippen molar-refractivity contribution in [1.29, 1.82) is 0 Å². The van der Waals surface area contributed by atoms with Gasteiger partial charge < -0.3 is 0 Å². The van der Waals surface area contributed by atoms with Gasteiger partial charge in [0.1, 0.15) is 4.47 Å². The molecule has 1 heterocycles. The molecule has 0 spiro atoms. The van der Waals surface area contributed by atoms with Crippen molar-refractivity contribution in [3.05, 3.63) is 27.4 Å². The largest absolute Gasteiger partial charge is 0.297 e. The number of rotatable bonds is 4. The second-order valence-electron chi connectivity index (χ2n) is 2.44. The number of aryl methyl sites for hydroxylation is 1. The molecule has 0 bridgehead atoms. The number of hydrogen-bond acceptors (Lipinski definition) is 3. The van der Waals surface area contributed by atoms with E-state index >= 15 is 0 Å². The molecule has 0 N–H and O–H groups in total. The lowest BCUT2D eigenvalue weighted by atomic mass is 10.6. The maximum Gasteiger partial charge on any atom is 0.267 e. The van der Waals surface area contributed by atoms with Crippen molar-refractivity contribution in [2.75, 3.05) is 11.5 Å². The van der Waals surface area contributed by atoms with E-state index in [9.17, 15) is 4.79 Å². The number of thioether (sulfide) groups is 1. The van der Waals surface area contributed by atoms with Gasteiger partial charge >= 0.3 is 0 Å². The van der Waals surface area contributed by atoms with E-state index in [1.807, 2.05) is 11.8 Å². The van der Waals surface area contributed by atoms with E-state index < -0.39 is 0 Å². The number of aromatic nitrogens is 2. The molecular weight excluding hydrogens is 252 g/mol. The Balaban J connectivity index is 2.67. The van der Waals surface area contributed by atoms with Crippen molar-refractivity contribution in [3.8, 4) is 0 Å². The Morgan fingerprint density at radius 1 is 1.69 bits per heavy atom. The Labute approximate surface area is 89.7 Å². The molecule has 0 saturated heterocycles. The van der Waals surface area contributed by atoms with Crippen molar-refractivity contribution in [3.63, 3.8) is 0 Å². The highest BCUT2D eigenvalue weighted by atomic mass is 79.9. The highest BCUT2D eigenvalue weighted by Gasteiger charge is 1.99. The van der Waals surface area contributed by atoms with Crippen molar-refractivity contribution in [2.45, 2.75) is 13.5 Å². The van der Waals surface area contributed by atoms with Crippen LogP contribution >= 0.6 is 27.7 Å². The fraction of sp³-hybridized carbons (Fsp3) is 0.500. The van der Waals surface area contributed by atoms with Crippen LogP contribution in [-0.4, -0.2) is 21.1 Å². The Kier molecular flexibility index (Phi) is 4.52. The third kappa shape index (κ3) is 3.15. The van der Waals surface area contributed by atoms with Gasteiger partial charge in [0, 0.05) is 18.5 Å². The van der Waals surface area contributed by atoms with Crippen LogP contribution in [0.4, 0.5) is 0 Å². The second-order valence-corrected chi connectivity index (χ2v) is 4.69. The van der Waals surface area contributed by atoms with E-state index in [0.717, 1.165) is 18.1 Å². The molecule has 0 aliphatic heterocycles. The summed E-state index contributed by atoms with van der Waals surface area (Å²) in [6.45, 7) is 2.83. The molecule has 0 aromatic carbocycles. The summed E-state index contributed by atoms with van der Waals surface area (Å²) in [5.41, 5.74) is -0.00768. The minimum Gasteiger partial charge on any atom is -0.297 e. The molecule has 0 radical (unpaired) electrons. The van der Waals surface area contributed by atoms with E-state index in [2.05, 4.69) is 27.8 Å². The molecule has 0 atom stereocenters. The smallest absolute Gasteiger partial charge is 0.267 e. The first-order valence-electron chi connectivity index (χ1n) is 4.03. The molecule has 5 heteroatoms. The van der Waals surface area contributed by atoms with E-state index in [4.69, 9.17) is 0 Å². The maximum absolute atomic E-state index is 11.4. The molecule has 3 nitrogen and oxygen atoms in total. The monoisotopic (exact) mass is 262 g/mol. The Morgan fingerprint density at radius 3 is 3.15 bits per heavy atom. The van der Waals surface area contributed by atoms with E-state index in [1.54, 1.807) is 10.9 Å². The van der Waals surface area contributed by atoms with Gasteiger partial charge in [-0.2, -0.15) is 11.8 Å². The quantitative estimate of drug-likeness (QED) is 0.776. The highest BCUT2D eigenvalue weighted by molar-refractivity contribution is 9.10. The summed E-state index contributed by atoms with van der Waals surface area (Å²) >= 11 is 4.97. The summed E-state index contributed by atoms with van der Waals surface area (Å²) in [5, 5.41) is 0. The summed E-state index contributed by atoms with van der Waals surface area (Å²) in [4.78, 5) is 15.4. The van der Waals surface area contributed by atoms with Gasteiger partial charge in [0.05, 0.1) is 6.33 Å². The lowest BCUT2D eigenvalue weighted by molar-refractivity contribution is 0.709. The fourth-order valence-electron chi connectivity index (χ4n) is 0.891. The Morgan fingerprint density at radius 2 is 2.46 bits per heavy atom. The normalized spacial score (nSPS) is 10.3. The first kappa shape index (κ1) is 10.8. The van der Waals surface area contributed by atoms with Gasteiger partial charge in [-0.3, -0.25) is 9.36 Å². The SMILES string of the molecule is CCSCCn1cncc(Br)c1=O. The zero-order valence-corrected chi connectivity index (χ0v) is 9.77. The minimum absolute atomic E-state index is 0.00768. The Bertz CT molecular complexity index is 326. The number of nitrogens with zero attached hydrogens (tertiary/aromatic N) is 2. The van der Waals surface area contributed by atoms with Crippen molar-refractivity contribution >= 4 is 27.7 Å². The summed E-state index contributed by atoms with van der Waals surface area (Å²) in [5.74, 6) is 2.03. The van der Waals surface area contributed by atoms with Crippen LogP contribution in [0.3, 0.4) is 0 Å². The number of hydrogen-bond donors (Lipinski definition) is 0. The minimum atomic E-state index is -0.00768. The van der Waals surface area contributed by atoms with Crippen molar-refractivity contribution < 1.29 is 0 Å². The summed E-state index contributed by atoms with van der Waals surface area (Å²) in [6, 6.07) is 0. The predicted molar refractivity (Wildman–Crippen MR) is 59.2 cm³/mol. The van der Waals surface area contributed by atoms with Gasteiger partial charge in [-0.25, -0.2) is 4.98 Å². The van der Waals surface area contributed by atoms with Crippen LogP contribution in [0, 0.1) is 0 Å². The van der Waals surface area contributed by atoms with Gasteiger partial charge in [-0.15, -0.1) is 0 Å². The van der Waals surface area contributed by atoms with Crippen molar-refractivity contribution in [1.82, 2.24) is 9.55 Å². The first-order chi connectivity index (χ1) is 6.25. The fourth-order valence-corrected chi connectivity index (χ4v) is 1.85. The van der Waals surface area contributed by atoms with Crippen LogP contribution in [-0.2, 0) is 6.54 Å². The second kappa shape index (κ2) is 5.44. The summed E-state index contributed by atoms with van der Waals surface area (Å²) in [6.07, 6.45) is 3.09. The summed E-state index contributed by atoms with van der Waals surface area (Å²) in [7, 11) is 0. The van der Waals surface area contributed by atoms with Gasteiger partial charge in [-0.05, 0) is 21.7 Å². The van der Waals surface area contributed by atoms with Gasteiger partial charge in [0.2, 0.25) is 0 Å². The van der Waals surface area contributed by atoms with Crippen LogP contribution in [0.5, 0.6) is 0 Å². The maximum atomic E-state index is 11.4. The predicted octanol–water partition coefficient (Wildman–Crippen LogP) is 1.76. The zero-order chi connectivity index (χ0) is 9.68. The zero-order valence-electron chi connectivity index (χ0n) is 7.36. The molecule has 0 aliphatic rings. The molecule has 0 unspecified atom stereocenters. The van der Waals surface area contributed by atoms with Gasteiger partial charge in [0.25, 0.3) is 5.56 Å². The molecule has 72 valence electrons. The van der Waals surface area contributed by atoms with E-state index in [0.29, 0.717) is 4.47 Å². The molecule has 0 aliphatic carbocycles. The third-order valence-electron chi connectivity index (χ3n) is 1.54. The average Bonchev–Trinajstić information content (AvgIpc) is 2.13. The standard InChI is InChI=1S/C8H11BrN2OS/c1-2-13-4-3-11-6-10-5-7(9)8(11)12/h5-6H,2-4H2,1H3. The van der Waals surface area contributed by atoms with Crippen LogP contribution in [0.15, 0.2) is 21.8 Å². The van der Waals surface area contributed by atoms with E-state index in [-0.39, 0.29) is 5.56 Å². The van der Waals surface area contributed by atoms with Crippen LogP contribution in [0.25, 0.3) is 0 Å². The molecule has 0 saturated carbocycles. The lowest BCUT2D eigenvalue weighted by Gasteiger charge is -2.03. The molecule has 1 aromatic rings. The average molecular weight is 263 g/mol. The molecule has 0 amide bonds. The highest BCUT2D eigenvalue weighted by Crippen LogP contribution is 2.01. The third-order valence-corrected chi connectivity index (χ3v) is 2.96. The molecule has 1 rings (SSSR count). The number of halogens is 1. The topological polar surface area (TPSA) is 34.9 Å². The molecular formula is C8H11BrN2OS. The lowest BCUT2D eigenvalue weighted by Crippen LogP contribution is -2.21. The van der Waals surface area contributed by atoms with Crippen molar-refractivity contribution in [2.24, 2.45) is 0 Å².